The summed E-state index contributed by atoms with van der Waals surface area (Å²) in [6.45, 7) is 6.69. The maximum Gasteiger partial charge on any atom is 0.191 e. The van der Waals surface area contributed by atoms with Crippen molar-refractivity contribution in [1.82, 2.24) is 10.6 Å². The second-order valence-electron chi connectivity index (χ2n) is 8.77. The van der Waals surface area contributed by atoms with E-state index in [-0.39, 0.29) is 0 Å². The third kappa shape index (κ3) is 6.42. The molecule has 0 aromatic heterocycles. The highest BCUT2D eigenvalue weighted by Gasteiger charge is 2.36. The van der Waals surface area contributed by atoms with Gasteiger partial charge in [-0.25, -0.2) is 0 Å². The fourth-order valence-electron chi connectivity index (χ4n) is 4.50. The average Bonchev–Trinajstić information content (AvgIpc) is 2.78. The van der Waals surface area contributed by atoms with E-state index in [4.69, 9.17) is 19.2 Å². The van der Waals surface area contributed by atoms with Crippen LogP contribution in [0.25, 0.3) is 0 Å². The van der Waals surface area contributed by atoms with Crippen molar-refractivity contribution in [2.24, 2.45) is 10.4 Å². The lowest BCUT2D eigenvalue weighted by atomic mass is 9.67. The number of aliphatic imine (C=N–C) groups is 1. The fraction of sp³-hybridized carbons (Fsp3) is 0.708. The van der Waals surface area contributed by atoms with Gasteiger partial charge in [-0.05, 0) is 44.4 Å². The van der Waals surface area contributed by atoms with Gasteiger partial charge in [-0.1, -0.05) is 6.42 Å². The number of benzene rings is 1. The molecule has 0 bridgehead atoms. The first-order chi connectivity index (χ1) is 15.1. The van der Waals surface area contributed by atoms with Crippen LogP contribution in [-0.4, -0.2) is 66.1 Å². The molecule has 1 saturated carbocycles. The summed E-state index contributed by atoms with van der Waals surface area (Å²) in [4.78, 5) is 7.37. The number of nitrogens with one attached hydrogen (secondary N) is 2. The van der Waals surface area contributed by atoms with E-state index in [9.17, 15) is 0 Å². The van der Waals surface area contributed by atoms with E-state index >= 15 is 0 Å². The van der Waals surface area contributed by atoms with Gasteiger partial charge in [0.1, 0.15) is 11.5 Å². The number of methoxy groups -OCH3 is 3. The van der Waals surface area contributed by atoms with Crippen molar-refractivity contribution in [3.63, 3.8) is 0 Å². The number of rotatable bonds is 10. The van der Waals surface area contributed by atoms with E-state index in [0.717, 1.165) is 75.2 Å². The zero-order valence-corrected chi connectivity index (χ0v) is 19.7. The minimum absolute atomic E-state index is 0.340. The molecule has 1 saturated heterocycles. The van der Waals surface area contributed by atoms with Crippen molar-refractivity contribution in [2.45, 2.75) is 51.5 Å². The second kappa shape index (κ2) is 11.5. The Morgan fingerprint density at radius 2 is 1.77 bits per heavy atom. The zero-order chi connectivity index (χ0) is 22.1. The Morgan fingerprint density at radius 1 is 1.10 bits per heavy atom. The lowest BCUT2D eigenvalue weighted by Gasteiger charge is -2.41. The molecule has 31 heavy (non-hydrogen) atoms. The third-order valence-corrected chi connectivity index (χ3v) is 6.70. The van der Waals surface area contributed by atoms with E-state index in [1.165, 1.54) is 19.3 Å². The summed E-state index contributed by atoms with van der Waals surface area (Å²) in [5.74, 6) is 2.61. The summed E-state index contributed by atoms with van der Waals surface area (Å²) in [6, 6.07) is 6.51. The first-order valence-corrected chi connectivity index (χ1v) is 11.6. The van der Waals surface area contributed by atoms with Crippen molar-refractivity contribution in [3.8, 4) is 11.5 Å². The van der Waals surface area contributed by atoms with Gasteiger partial charge in [0.25, 0.3) is 0 Å². The summed E-state index contributed by atoms with van der Waals surface area (Å²) >= 11 is 0. The molecule has 0 atom stereocenters. The van der Waals surface area contributed by atoms with Crippen LogP contribution in [0.3, 0.4) is 0 Å². The van der Waals surface area contributed by atoms with Crippen LogP contribution >= 0.6 is 0 Å². The summed E-state index contributed by atoms with van der Waals surface area (Å²) in [6.07, 6.45) is 7.09. The van der Waals surface area contributed by atoms with Crippen LogP contribution in [-0.2, 0) is 4.74 Å². The molecule has 0 amide bonds. The van der Waals surface area contributed by atoms with Gasteiger partial charge in [0.05, 0.1) is 14.2 Å². The minimum Gasteiger partial charge on any atom is -0.497 e. The first kappa shape index (κ1) is 23.5. The number of nitrogens with zero attached hydrogens (tertiary/aromatic N) is 2. The van der Waals surface area contributed by atoms with E-state index in [1.54, 1.807) is 21.3 Å². The van der Waals surface area contributed by atoms with Gasteiger partial charge in [-0.2, -0.15) is 0 Å². The van der Waals surface area contributed by atoms with Crippen molar-refractivity contribution in [2.75, 3.05) is 59.0 Å². The van der Waals surface area contributed by atoms with Crippen molar-refractivity contribution >= 4 is 11.6 Å². The SMILES string of the molecule is CCNC(=NCC1(CCOC)CCC1)NC1CCN(c2cc(OC)cc(OC)c2)CC1. The molecular weight excluding hydrogens is 392 g/mol. The summed E-state index contributed by atoms with van der Waals surface area (Å²) in [7, 11) is 5.17. The number of ether oxygens (including phenoxy) is 3. The fourth-order valence-corrected chi connectivity index (χ4v) is 4.50. The van der Waals surface area contributed by atoms with E-state index in [2.05, 4.69) is 34.6 Å². The Kier molecular flexibility index (Phi) is 8.69. The van der Waals surface area contributed by atoms with E-state index in [0.29, 0.717) is 11.5 Å². The first-order valence-electron chi connectivity index (χ1n) is 11.6. The highest BCUT2D eigenvalue weighted by molar-refractivity contribution is 5.80. The minimum atomic E-state index is 0.340. The molecule has 2 N–H and O–H groups in total. The maximum atomic E-state index is 5.43. The van der Waals surface area contributed by atoms with Gasteiger partial charge in [0.15, 0.2) is 5.96 Å². The number of anilines is 1. The Morgan fingerprint density at radius 3 is 2.29 bits per heavy atom. The molecule has 7 nitrogen and oxygen atoms in total. The molecule has 1 aliphatic carbocycles. The summed E-state index contributed by atoms with van der Waals surface area (Å²) < 4.78 is 16.2. The van der Waals surface area contributed by atoms with Gasteiger partial charge < -0.3 is 29.7 Å². The van der Waals surface area contributed by atoms with Crippen molar-refractivity contribution in [1.29, 1.82) is 0 Å². The Labute approximate surface area is 187 Å². The molecule has 0 unspecified atom stereocenters. The van der Waals surface area contributed by atoms with Gasteiger partial charge in [-0.3, -0.25) is 4.99 Å². The smallest absolute Gasteiger partial charge is 0.191 e. The second-order valence-corrected chi connectivity index (χ2v) is 8.77. The maximum absolute atomic E-state index is 5.43. The Bertz CT molecular complexity index is 691. The lowest BCUT2D eigenvalue weighted by molar-refractivity contribution is 0.0778. The predicted molar refractivity (Wildman–Crippen MR) is 127 cm³/mol. The molecule has 174 valence electrons. The standard InChI is InChI=1S/C24H40N4O3/c1-5-25-23(26-18-24(9-6-10-24)11-14-29-2)27-19-7-12-28(13-8-19)20-15-21(30-3)17-22(16-20)31-4/h15-17,19H,5-14,18H2,1-4H3,(H2,25,26,27). The molecule has 1 aromatic rings. The monoisotopic (exact) mass is 432 g/mol. The third-order valence-electron chi connectivity index (χ3n) is 6.70. The Balaban J connectivity index is 1.55. The molecule has 2 fully saturated rings. The quantitative estimate of drug-likeness (QED) is 0.436. The molecule has 1 aliphatic heterocycles. The van der Waals surface area contributed by atoms with Gasteiger partial charge >= 0.3 is 0 Å². The zero-order valence-electron chi connectivity index (χ0n) is 19.7. The van der Waals surface area contributed by atoms with E-state index in [1.807, 2.05) is 6.07 Å². The van der Waals surface area contributed by atoms with Crippen LogP contribution in [0.5, 0.6) is 11.5 Å². The lowest BCUT2D eigenvalue weighted by Crippen LogP contribution is -2.49. The predicted octanol–water partition coefficient (Wildman–Crippen LogP) is 3.43. The van der Waals surface area contributed by atoms with Crippen LogP contribution in [0.4, 0.5) is 5.69 Å². The largest absolute Gasteiger partial charge is 0.497 e. The molecule has 1 aromatic carbocycles. The van der Waals surface area contributed by atoms with Gasteiger partial charge in [0.2, 0.25) is 0 Å². The van der Waals surface area contributed by atoms with Crippen LogP contribution in [0.15, 0.2) is 23.2 Å². The Hall–Kier alpha value is -2.15. The molecule has 7 heteroatoms. The molecule has 1 heterocycles. The normalized spacial score (nSPS) is 19.0. The van der Waals surface area contributed by atoms with Crippen LogP contribution in [0, 0.1) is 5.41 Å². The molecule has 0 radical (unpaired) electrons. The molecule has 0 spiro atoms. The molecule has 3 rings (SSSR count). The van der Waals surface area contributed by atoms with Crippen LogP contribution in [0.1, 0.15) is 45.4 Å². The van der Waals surface area contributed by atoms with Crippen molar-refractivity contribution < 1.29 is 14.2 Å². The van der Waals surface area contributed by atoms with Crippen LogP contribution < -0.4 is 25.0 Å². The molecular formula is C24H40N4O3. The van der Waals surface area contributed by atoms with Gasteiger partial charge in [-0.15, -0.1) is 0 Å². The van der Waals surface area contributed by atoms with E-state index < -0.39 is 0 Å². The average molecular weight is 433 g/mol. The van der Waals surface area contributed by atoms with Gasteiger partial charge in [0, 0.05) is 69.8 Å². The van der Waals surface area contributed by atoms with Crippen LogP contribution in [0.2, 0.25) is 0 Å². The highest BCUT2D eigenvalue weighted by Crippen LogP contribution is 2.44. The molecule has 2 aliphatic rings. The summed E-state index contributed by atoms with van der Waals surface area (Å²) in [5.41, 5.74) is 1.49. The summed E-state index contributed by atoms with van der Waals surface area (Å²) in [5, 5.41) is 7.12. The van der Waals surface area contributed by atoms with Crippen molar-refractivity contribution in [3.05, 3.63) is 18.2 Å². The topological polar surface area (TPSA) is 67.4 Å². The highest BCUT2D eigenvalue weighted by atomic mass is 16.5. The number of piperidine rings is 1. The number of guanidine groups is 1. The number of hydrogen-bond acceptors (Lipinski definition) is 5. The number of hydrogen-bond donors (Lipinski definition) is 2.